The molecule has 344 valence electrons. The second-order valence-corrected chi connectivity index (χ2v) is 21.1. The molecule has 0 atom stereocenters. The Hall–Kier alpha value is -5.65. The molecule has 0 radical (unpaired) electrons. The number of H-pyrrole nitrogens is 1. The van der Waals surface area contributed by atoms with Crippen LogP contribution in [-0.4, -0.2) is 115 Å². The highest BCUT2D eigenvalue weighted by Gasteiger charge is 2.32. The lowest BCUT2D eigenvalue weighted by Crippen LogP contribution is -2.52. The molecule has 3 saturated heterocycles. The normalized spacial score (nSPS) is 19.0. The fraction of sp³-hybridized carbons (Fsp3) is 0.408. The lowest BCUT2D eigenvalue weighted by atomic mass is 9.72. The largest absolute Gasteiger partial charge is 0.383 e. The van der Waals surface area contributed by atoms with Crippen LogP contribution >= 0.6 is 11.6 Å². The second kappa shape index (κ2) is 18.2. The number of fused-ring (bicyclic) bond motifs is 2. The molecule has 10 rings (SSSR count). The third-order valence-corrected chi connectivity index (χ3v) is 15.6. The van der Waals surface area contributed by atoms with Crippen LogP contribution in [0.2, 0.25) is 5.02 Å². The first-order valence-corrected chi connectivity index (χ1v) is 24.8. The number of sulfonamides is 1. The van der Waals surface area contributed by atoms with Gasteiger partial charge in [-0.3, -0.25) is 24.4 Å². The molecular weight excluding hydrogens is 876 g/mol. The highest BCUT2D eigenvalue weighted by Crippen LogP contribution is 2.43. The van der Waals surface area contributed by atoms with Crippen LogP contribution in [0.4, 0.5) is 17.1 Å². The maximum atomic E-state index is 14.3. The fourth-order valence-corrected chi connectivity index (χ4v) is 11.1. The summed E-state index contributed by atoms with van der Waals surface area (Å²) in [5, 5.41) is 11.3. The number of hydrogen-bond acceptors (Lipinski definition) is 12. The van der Waals surface area contributed by atoms with E-state index < -0.39 is 15.9 Å². The Morgan fingerprint density at radius 1 is 0.970 bits per heavy atom. The van der Waals surface area contributed by atoms with E-state index in [1.165, 1.54) is 34.9 Å². The third kappa shape index (κ3) is 9.21. The number of rotatable bonds is 13. The number of carbonyl (C=O) groups excluding carboxylic acids is 1. The first-order valence-electron chi connectivity index (χ1n) is 22.9. The Kier molecular flexibility index (Phi) is 12.2. The average Bonchev–Trinajstić information content (AvgIpc) is 3.94. The maximum Gasteiger partial charge on any atom is 0.267 e. The van der Waals surface area contributed by atoms with E-state index in [9.17, 15) is 18.1 Å². The van der Waals surface area contributed by atoms with Gasteiger partial charge < -0.3 is 15.0 Å². The van der Waals surface area contributed by atoms with Gasteiger partial charge in [0.1, 0.15) is 11.2 Å². The highest BCUT2D eigenvalue weighted by molar-refractivity contribution is 7.90. The molecule has 1 aliphatic carbocycles. The van der Waals surface area contributed by atoms with Gasteiger partial charge in [0.25, 0.3) is 15.9 Å². The van der Waals surface area contributed by atoms with Crippen LogP contribution in [0.25, 0.3) is 33.3 Å². The van der Waals surface area contributed by atoms with Crippen LogP contribution in [-0.2, 0) is 14.8 Å². The number of anilines is 2. The quantitative estimate of drug-likeness (QED) is 0.0952. The predicted molar refractivity (Wildman–Crippen MR) is 259 cm³/mol. The SMILES string of the molecule is CC1(C)CCC(CN2CCN(c3ccc(C(=O)NS(=O)(=O)c4ccc(NCC5CCN(C6COC6)CC5)c(N=O)c4)c(-n4[nH]cc5nc6nccc6cc54)c3)CC2)=C(c2ccc(Cl)cc2)C1. The summed E-state index contributed by atoms with van der Waals surface area (Å²) in [6.45, 7) is 13.0. The van der Waals surface area contributed by atoms with E-state index in [-0.39, 0.29) is 21.6 Å². The standard InChI is InChI=1S/C49H55ClN10O5S/c1-49(2)15-11-35(41(26-49)33-3-5-36(50)6-4-33)29-57-19-21-59(22-20-57)37-7-9-40(45(24-37)60-46-23-34-12-16-51-47(34)54-44(46)28-53-60)48(61)56-66(63,64)39-8-10-42(43(25-39)55-62)52-27-32-13-17-58(18-14-32)38-30-65-31-38/h3-10,12,16,23-25,28,32,38,52-53H,11,13-15,17-22,26-27,29-31H2,1-2H3,(H,56,61). The molecule has 6 aromatic rings. The highest BCUT2D eigenvalue weighted by atomic mass is 35.5. The average molecular weight is 932 g/mol. The molecule has 3 aliphatic heterocycles. The molecule has 1 amide bonds. The number of nitrogens with zero attached hydrogens (tertiary/aromatic N) is 7. The van der Waals surface area contributed by atoms with Gasteiger partial charge in [0.15, 0.2) is 5.65 Å². The number of benzene rings is 3. The summed E-state index contributed by atoms with van der Waals surface area (Å²) in [5.74, 6) is -0.428. The van der Waals surface area contributed by atoms with Crippen molar-refractivity contribution in [3.63, 3.8) is 0 Å². The van der Waals surface area contributed by atoms with Crippen LogP contribution in [0.5, 0.6) is 0 Å². The van der Waals surface area contributed by atoms with Crippen LogP contribution in [0, 0.1) is 16.2 Å². The number of allylic oxidation sites excluding steroid dienone is 1. The molecule has 3 aromatic carbocycles. The number of halogens is 1. The summed E-state index contributed by atoms with van der Waals surface area (Å²) >= 11 is 6.27. The molecule has 0 unspecified atom stereocenters. The molecule has 17 heteroatoms. The topological polar surface area (TPSA) is 170 Å². The Morgan fingerprint density at radius 3 is 2.50 bits per heavy atom. The Balaban J connectivity index is 0.873. The van der Waals surface area contributed by atoms with E-state index in [0.29, 0.717) is 46.6 Å². The van der Waals surface area contributed by atoms with Gasteiger partial charge in [0.2, 0.25) is 0 Å². The minimum atomic E-state index is -4.44. The molecule has 3 aromatic heterocycles. The van der Waals surface area contributed by atoms with E-state index in [1.54, 1.807) is 23.1 Å². The van der Waals surface area contributed by atoms with Gasteiger partial charge in [-0.2, -0.15) is 0 Å². The number of pyridine rings is 1. The van der Waals surface area contributed by atoms with Crippen molar-refractivity contribution < 1.29 is 17.9 Å². The van der Waals surface area contributed by atoms with Crippen molar-refractivity contribution in [1.29, 1.82) is 0 Å². The summed E-state index contributed by atoms with van der Waals surface area (Å²) in [7, 11) is -4.44. The van der Waals surface area contributed by atoms with Gasteiger partial charge in [-0.1, -0.05) is 43.2 Å². The van der Waals surface area contributed by atoms with Crippen molar-refractivity contribution >= 4 is 72.2 Å². The van der Waals surface area contributed by atoms with Gasteiger partial charge in [0, 0.05) is 67.8 Å². The van der Waals surface area contributed by atoms with E-state index >= 15 is 0 Å². The molecule has 0 spiro atoms. The number of hydrogen-bond donors (Lipinski definition) is 3. The molecular formula is C49H55ClN10O5S. The molecule has 3 N–H and O–H groups in total. The van der Waals surface area contributed by atoms with Crippen LogP contribution in [0.15, 0.2) is 101 Å². The first kappa shape index (κ1) is 44.2. The molecule has 6 heterocycles. The van der Waals surface area contributed by atoms with E-state index in [1.807, 2.05) is 36.4 Å². The van der Waals surface area contributed by atoms with E-state index in [0.717, 1.165) is 107 Å². The van der Waals surface area contributed by atoms with Crippen molar-refractivity contribution in [1.82, 2.24) is 34.3 Å². The Labute approximate surface area is 389 Å². The first-order chi connectivity index (χ1) is 31.9. The van der Waals surface area contributed by atoms with Gasteiger partial charge in [0.05, 0.1) is 46.6 Å². The number of amides is 1. The zero-order valence-electron chi connectivity index (χ0n) is 37.3. The smallest absolute Gasteiger partial charge is 0.267 e. The van der Waals surface area contributed by atoms with E-state index in [2.05, 4.69) is 66.0 Å². The maximum absolute atomic E-state index is 14.3. The number of carbonyl (C=O) groups is 1. The molecule has 0 bridgehead atoms. The van der Waals surface area contributed by atoms with Crippen molar-refractivity contribution in [3.05, 3.63) is 112 Å². The third-order valence-electron chi connectivity index (χ3n) is 14.0. The minimum absolute atomic E-state index is 0.0462. The molecule has 66 heavy (non-hydrogen) atoms. The lowest BCUT2D eigenvalue weighted by Gasteiger charge is -2.41. The monoisotopic (exact) mass is 930 g/mol. The number of aromatic nitrogens is 4. The minimum Gasteiger partial charge on any atom is -0.383 e. The number of likely N-dealkylation sites (tertiary alicyclic amines) is 1. The van der Waals surface area contributed by atoms with Crippen molar-refractivity contribution in [2.45, 2.75) is 56.9 Å². The predicted octanol–water partition coefficient (Wildman–Crippen LogP) is 8.38. The van der Waals surface area contributed by atoms with E-state index in [4.69, 9.17) is 21.3 Å². The zero-order chi connectivity index (χ0) is 45.6. The van der Waals surface area contributed by atoms with Crippen molar-refractivity contribution in [2.75, 3.05) is 75.8 Å². The number of piperazine rings is 1. The molecule has 0 saturated carbocycles. The number of aromatic amines is 1. The van der Waals surface area contributed by atoms with Crippen molar-refractivity contribution in [2.24, 2.45) is 16.5 Å². The van der Waals surface area contributed by atoms with Gasteiger partial charge in [-0.25, -0.2) is 23.1 Å². The number of piperidine rings is 1. The van der Waals surface area contributed by atoms with Crippen LogP contribution in [0.1, 0.15) is 61.9 Å². The van der Waals surface area contributed by atoms with Gasteiger partial charge in [-0.05, 0) is 134 Å². The molecule has 4 aliphatic rings. The second-order valence-electron chi connectivity index (χ2n) is 19.0. The zero-order valence-corrected chi connectivity index (χ0v) is 38.9. The van der Waals surface area contributed by atoms with Crippen molar-refractivity contribution in [3.8, 4) is 5.69 Å². The Morgan fingerprint density at radius 2 is 1.76 bits per heavy atom. The van der Waals surface area contributed by atoms with Crippen LogP contribution < -0.4 is 14.9 Å². The number of ether oxygens (including phenoxy) is 1. The van der Waals surface area contributed by atoms with Gasteiger partial charge in [-0.15, -0.1) is 4.91 Å². The fourth-order valence-electron chi connectivity index (χ4n) is 9.96. The summed E-state index contributed by atoms with van der Waals surface area (Å²) in [5.41, 5.74) is 8.19. The summed E-state index contributed by atoms with van der Waals surface area (Å²) in [4.78, 5) is 42.4. The molecule has 15 nitrogen and oxygen atoms in total. The number of nitrogens with one attached hydrogen (secondary N) is 3. The van der Waals surface area contributed by atoms with Crippen LogP contribution in [0.3, 0.4) is 0 Å². The summed E-state index contributed by atoms with van der Waals surface area (Å²) in [6.07, 6.45) is 8.70. The summed E-state index contributed by atoms with van der Waals surface area (Å²) < 4.78 is 37.2. The number of nitroso groups, excluding NO2 is 1. The van der Waals surface area contributed by atoms with Gasteiger partial charge >= 0.3 is 0 Å². The lowest BCUT2D eigenvalue weighted by molar-refractivity contribution is -0.0732. The summed E-state index contributed by atoms with van der Waals surface area (Å²) in [6, 6.07) is 22.2. The molecule has 3 fully saturated rings. The Bertz CT molecular complexity index is 2930.